The van der Waals surface area contributed by atoms with Crippen LogP contribution in [-0.2, 0) is 8.85 Å². The molecular weight excluding hydrogens is 628 g/mol. The van der Waals surface area contributed by atoms with Crippen molar-refractivity contribution in [1.82, 2.24) is 0 Å². The van der Waals surface area contributed by atoms with Crippen molar-refractivity contribution in [1.29, 1.82) is 0 Å². The maximum absolute atomic E-state index is 14.4. The third-order valence-electron chi connectivity index (χ3n) is 5.53. The van der Waals surface area contributed by atoms with Gasteiger partial charge in [-0.15, -0.1) is 0 Å². The summed E-state index contributed by atoms with van der Waals surface area (Å²) in [6, 6.07) is 9.69. The minimum Gasteiger partial charge on any atom is -0.381 e. The first kappa shape index (κ1) is 34.7. The van der Waals surface area contributed by atoms with E-state index in [1.165, 1.54) is 12.1 Å². The highest BCUT2D eigenvalue weighted by atomic mass is 28.4. The molecule has 2 aromatic carbocycles. The lowest BCUT2D eigenvalue weighted by Crippen LogP contribution is -2.68. The van der Waals surface area contributed by atoms with E-state index in [2.05, 4.69) is 8.85 Å². The average Bonchev–Trinajstić information content (AvgIpc) is 2.89. The van der Waals surface area contributed by atoms with Gasteiger partial charge in [-0.2, -0.15) is 52.7 Å². The van der Waals surface area contributed by atoms with Gasteiger partial charge >= 0.3 is 56.9 Å². The van der Waals surface area contributed by atoms with E-state index in [4.69, 9.17) is 0 Å². The van der Waals surface area contributed by atoms with Crippen molar-refractivity contribution in [3.05, 3.63) is 60.7 Å². The molecule has 41 heavy (non-hydrogen) atoms. The van der Waals surface area contributed by atoms with Crippen molar-refractivity contribution in [2.45, 2.75) is 48.4 Å². The summed E-state index contributed by atoms with van der Waals surface area (Å²) in [6.45, 7) is -5.96. The first-order valence-corrected chi connectivity index (χ1v) is 12.5. The van der Waals surface area contributed by atoms with Crippen molar-refractivity contribution < 1.29 is 79.1 Å². The zero-order chi connectivity index (χ0) is 31.7. The third-order valence-corrected chi connectivity index (χ3v) is 8.81. The molecule has 0 N–H and O–H groups in total. The quantitative estimate of drug-likeness (QED) is 0.170. The molecule has 0 unspecified atom stereocenters. The summed E-state index contributed by atoms with van der Waals surface area (Å²) in [5.74, 6) is -39.5. The number of hydrogen-bond acceptors (Lipinski definition) is 2. The van der Waals surface area contributed by atoms with Crippen LogP contribution < -0.4 is 10.4 Å². The largest absolute Gasteiger partial charge is 0.407 e. The first-order valence-electron chi connectivity index (χ1n) is 10.7. The fourth-order valence-electron chi connectivity index (χ4n) is 3.18. The van der Waals surface area contributed by atoms with E-state index in [-0.39, 0.29) is 0 Å². The Balaban J connectivity index is 2.66. The molecule has 0 bridgehead atoms. The Hall–Kier alpha value is -2.54. The molecule has 0 aliphatic rings. The molecule has 19 heteroatoms. The summed E-state index contributed by atoms with van der Waals surface area (Å²) in [5.41, 5.74) is 0. The highest BCUT2D eigenvalue weighted by molar-refractivity contribution is 6.92. The van der Waals surface area contributed by atoms with E-state index in [0.29, 0.717) is 0 Å². The zero-order valence-electron chi connectivity index (χ0n) is 19.7. The second kappa shape index (κ2) is 11.6. The highest BCUT2D eigenvalue weighted by Crippen LogP contribution is 2.50. The molecule has 0 radical (unpaired) electrons. The Kier molecular flexibility index (Phi) is 9.82. The van der Waals surface area contributed by atoms with Crippen molar-refractivity contribution in [3.8, 4) is 0 Å². The van der Waals surface area contributed by atoms with E-state index in [0.717, 1.165) is 48.5 Å². The normalized spacial score (nSPS) is 14.7. The van der Waals surface area contributed by atoms with E-state index >= 15 is 0 Å². The van der Waals surface area contributed by atoms with Gasteiger partial charge in [0.1, 0.15) is 13.2 Å². The Labute approximate surface area is 221 Å². The van der Waals surface area contributed by atoms with Gasteiger partial charge in [-0.1, -0.05) is 60.7 Å². The SMILES string of the molecule is FC(F)C(F)(F)C(F)(F)C(F)(F)CO[Si](OCC(F)(F)C(F)(F)C(F)(F)C(F)F)(c1ccccc1)c1ccccc1. The summed E-state index contributed by atoms with van der Waals surface area (Å²) >= 11 is 0. The molecule has 0 aliphatic heterocycles. The average molecular weight is 644 g/mol. The lowest BCUT2D eigenvalue weighted by molar-refractivity contribution is -0.345. The Bertz CT molecular complexity index is 1040. The van der Waals surface area contributed by atoms with Gasteiger partial charge in [-0.05, 0) is 10.4 Å². The first-order chi connectivity index (χ1) is 18.5. The number of benzene rings is 2. The number of hydrogen-bond donors (Lipinski definition) is 0. The molecular formula is C22H16F16O2Si. The van der Waals surface area contributed by atoms with Crippen LogP contribution in [-0.4, -0.2) is 70.2 Å². The fraction of sp³-hybridized carbons (Fsp3) is 0.455. The van der Waals surface area contributed by atoms with Crippen LogP contribution in [0.3, 0.4) is 0 Å². The van der Waals surface area contributed by atoms with Gasteiger partial charge in [0.15, 0.2) is 0 Å². The molecule has 0 spiro atoms. The maximum Gasteiger partial charge on any atom is 0.407 e. The summed E-state index contributed by atoms with van der Waals surface area (Å²) < 4.78 is 225. The predicted octanol–water partition coefficient (Wildman–Crippen LogP) is 6.62. The van der Waals surface area contributed by atoms with E-state index in [1.54, 1.807) is 0 Å². The summed E-state index contributed by atoms with van der Waals surface area (Å²) in [6.07, 6.45) is -10.7. The van der Waals surface area contributed by atoms with Crippen LogP contribution in [0.25, 0.3) is 0 Å². The standard InChI is InChI=1S/C22H16F16O2Si/c23-15(24)19(31,32)21(35,36)17(27,28)11-39-41(13-7-3-1-4-8-13,14-9-5-2-6-10-14)40-12-18(29,30)22(37,38)20(33,34)16(25)26/h1-10,15-16H,11-12H2. The maximum atomic E-state index is 14.4. The molecule has 2 aromatic rings. The molecule has 0 amide bonds. The lowest BCUT2D eigenvalue weighted by Gasteiger charge is -2.38. The van der Waals surface area contributed by atoms with Crippen LogP contribution in [0, 0.1) is 0 Å². The van der Waals surface area contributed by atoms with Crippen molar-refractivity contribution in [2.75, 3.05) is 13.2 Å². The molecule has 0 atom stereocenters. The fourth-order valence-corrected chi connectivity index (χ4v) is 6.30. The van der Waals surface area contributed by atoms with Gasteiger partial charge in [0.25, 0.3) is 0 Å². The Morgan fingerprint density at radius 1 is 0.488 bits per heavy atom. The minimum absolute atomic E-state index is 0.661. The number of halogens is 16. The molecule has 0 fully saturated rings. The van der Waals surface area contributed by atoms with Gasteiger partial charge in [-0.3, -0.25) is 0 Å². The van der Waals surface area contributed by atoms with Gasteiger partial charge in [0.05, 0.1) is 0 Å². The molecule has 2 rings (SSSR count). The van der Waals surface area contributed by atoms with Crippen LogP contribution in [0.4, 0.5) is 70.2 Å². The van der Waals surface area contributed by atoms with Crippen molar-refractivity contribution in [2.24, 2.45) is 0 Å². The van der Waals surface area contributed by atoms with Gasteiger partial charge in [0.2, 0.25) is 0 Å². The van der Waals surface area contributed by atoms with Crippen LogP contribution in [0.5, 0.6) is 0 Å². The molecule has 0 heterocycles. The molecule has 0 saturated heterocycles. The second-order valence-electron chi connectivity index (χ2n) is 8.33. The topological polar surface area (TPSA) is 18.5 Å². The van der Waals surface area contributed by atoms with E-state index in [9.17, 15) is 70.2 Å². The van der Waals surface area contributed by atoms with Gasteiger partial charge in [0, 0.05) is 0 Å². The molecule has 0 aliphatic carbocycles. The van der Waals surface area contributed by atoms with Crippen molar-refractivity contribution in [3.63, 3.8) is 0 Å². The highest BCUT2D eigenvalue weighted by Gasteiger charge is 2.77. The number of alkyl halides is 16. The van der Waals surface area contributed by atoms with Crippen LogP contribution in [0.2, 0.25) is 0 Å². The predicted molar refractivity (Wildman–Crippen MR) is 111 cm³/mol. The molecule has 232 valence electrons. The summed E-state index contributed by atoms with van der Waals surface area (Å²) in [5, 5.41) is -1.32. The number of rotatable bonds is 14. The van der Waals surface area contributed by atoms with E-state index in [1.807, 2.05) is 0 Å². The lowest BCUT2D eigenvalue weighted by atomic mass is 10.1. The minimum atomic E-state index is -6.85. The Morgan fingerprint density at radius 3 is 1.00 bits per heavy atom. The monoisotopic (exact) mass is 644 g/mol. The van der Waals surface area contributed by atoms with E-state index < -0.39 is 80.5 Å². The Morgan fingerprint density at radius 2 is 0.756 bits per heavy atom. The summed E-state index contributed by atoms with van der Waals surface area (Å²) in [4.78, 5) is 0. The van der Waals surface area contributed by atoms with Gasteiger partial charge in [-0.25, -0.2) is 17.6 Å². The molecule has 0 saturated carbocycles. The van der Waals surface area contributed by atoms with Crippen LogP contribution in [0.1, 0.15) is 0 Å². The molecule has 0 aromatic heterocycles. The third kappa shape index (κ3) is 6.16. The molecule has 2 nitrogen and oxygen atoms in total. The summed E-state index contributed by atoms with van der Waals surface area (Å²) in [7, 11) is -5.59. The van der Waals surface area contributed by atoms with Gasteiger partial charge < -0.3 is 8.85 Å². The smallest absolute Gasteiger partial charge is 0.381 e. The zero-order valence-corrected chi connectivity index (χ0v) is 20.7. The second-order valence-corrected chi connectivity index (χ2v) is 11.3. The van der Waals surface area contributed by atoms with Crippen LogP contribution >= 0.6 is 0 Å². The van der Waals surface area contributed by atoms with Crippen molar-refractivity contribution >= 4 is 18.9 Å². The van der Waals surface area contributed by atoms with Crippen LogP contribution in [0.15, 0.2) is 60.7 Å².